The number of phenols is 1. The molecule has 0 spiro atoms. The van der Waals surface area contributed by atoms with Gasteiger partial charge in [-0.05, 0) is 76.8 Å². The normalized spacial score (nSPS) is 24.3. The number of ether oxygens (including phenoxy) is 1. The maximum absolute atomic E-state index is 13.2. The molecule has 0 bridgehead atoms. The van der Waals surface area contributed by atoms with Gasteiger partial charge in [0.2, 0.25) is 0 Å². The molecule has 3 aliphatic rings. The SMILES string of the molecule is CCCCCc1cc2c(c(O)c1C(=O)NCC1CC1)C1C=C(C)CCC1C(C)(C)O2. The number of carbonyl (C=O) groups excluding carboxylic acids is 1. The molecule has 1 aromatic carbocycles. The van der Waals surface area contributed by atoms with Gasteiger partial charge in [0, 0.05) is 23.9 Å². The van der Waals surface area contributed by atoms with Crippen LogP contribution in [0.4, 0.5) is 0 Å². The summed E-state index contributed by atoms with van der Waals surface area (Å²) in [5, 5.41) is 14.5. The topological polar surface area (TPSA) is 58.6 Å². The lowest BCUT2D eigenvalue weighted by molar-refractivity contribution is 0.0107. The van der Waals surface area contributed by atoms with Crippen molar-refractivity contribution in [1.82, 2.24) is 5.32 Å². The van der Waals surface area contributed by atoms with E-state index in [9.17, 15) is 9.90 Å². The first-order valence-electron chi connectivity index (χ1n) is 11.8. The van der Waals surface area contributed by atoms with Crippen molar-refractivity contribution in [3.8, 4) is 11.5 Å². The van der Waals surface area contributed by atoms with E-state index in [2.05, 4.69) is 39.1 Å². The Morgan fingerprint density at radius 1 is 1.27 bits per heavy atom. The minimum absolute atomic E-state index is 0.0946. The van der Waals surface area contributed by atoms with E-state index < -0.39 is 0 Å². The molecule has 1 saturated carbocycles. The van der Waals surface area contributed by atoms with Crippen LogP contribution in [0.1, 0.15) is 100 Å². The molecule has 0 saturated heterocycles. The number of allylic oxidation sites excluding steroid dienone is 2. The first kappa shape index (κ1) is 21.3. The summed E-state index contributed by atoms with van der Waals surface area (Å²) in [6, 6.07) is 2.05. The Bertz CT molecular complexity index is 850. The number of hydrogen-bond donors (Lipinski definition) is 2. The predicted octanol–water partition coefficient (Wildman–Crippen LogP) is 5.88. The van der Waals surface area contributed by atoms with Crippen molar-refractivity contribution in [3.63, 3.8) is 0 Å². The number of aryl methyl sites for hydroxylation is 1. The standard InChI is InChI=1S/C26H37NO3/c1-5-6-7-8-18-14-21-23(24(28)22(18)25(29)27-15-17-10-11-17)19-13-16(2)9-12-20(19)26(3,4)30-21/h13-14,17,19-20,28H,5-12,15H2,1-4H3,(H,27,29). The van der Waals surface area contributed by atoms with Crippen LogP contribution >= 0.6 is 0 Å². The Morgan fingerprint density at radius 3 is 2.73 bits per heavy atom. The maximum atomic E-state index is 13.2. The van der Waals surface area contributed by atoms with E-state index >= 15 is 0 Å². The molecule has 1 aromatic rings. The number of aromatic hydroxyl groups is 1. The summed E-state index contributed by atoms with van der Waals surface area (Å²) in [5.74, 6) is 1.77. The largest absolute Gasteiger partial charge is 0.507 e. The molecule has 2 N–H and O–H groups in total. The summed E-state index contributed by atoms with van der Waals surface area (Å²) in [4.78, 5) is 13.2. The minimum Gasteiger partial charge on any atom is -0.507 e. The number of phenolic OH excluding ortho intramolecular Hbond substituents is 1. The zero-order chi connectivity index (χ0) is 21.5. The molecule has 0 radical (unpaired) electrons. The van der Waals surface area contributed by atoms with E-state index in [0.29, 0.717) is 23.9 Å². The van der Waals surface area contributed by atoms with Gasteiger partial charge in [0.25, 0.3) is 5.91 Å². The Morgan fingerprint density at radius 2 is 2.03 bits per heavy atom. The van der Waals surface area contributed by atoms with E-state index in [0.717, 1.165) is 55.4 Å². The molecular formula is C26H37NO3. The molecule has 1 fully saturated rings. The predicted molar refractivity (Wildman–Crippen MR) is 120 cm³/mol. The first-order chi connectivity index (χ1) is 14.3. The number of nitrogens with one attached hydrogen (secondary N) is 1. The van der Waals surface area contributed by atoms with Crippen LogP contribution < -0.4 is 10.1 Å². The van der Waals surface area contributed by atoms with Crippen molar-refractivity contribution >= 4 is 5.91 Å². The third-order valence-electron chi connectivity index (χ3n) is 7.26. The molecule has 2 atom stereocenters. The van der Waals surface area contributed by atoms with E-state index in [1.54, 1.807) is 0 Å². The average Bonchev–Trinajstić information content (AvgIpc) is 3.50. The van der Waals surface area contributed by atoms with Gasteiger partial charge < -0.3 is 15.2 Å². The second-order valence-corrected chi connectivity index (χ2v) is 10.2. The van der Waals surface area contributed by atoms with Crippen LogP contribution in [0, 0.1) is 11.8 Å². The number of unbranched alkanes of at least 4 members (excludes halogenated alkanes) is 2. The smallest absolute Gasteiger partial charge is 0.255 e. The number of rotatable bonds is 7. The van der Waals surface area contributed by atoms with Crippen molar-refractivity contribution < 1.29 is 14.6 Å². The summed E-state index contributed by atoms with van der Waals surface area (Å²) in [6.07, 6.45) is 10.8. The van der Waals surface area contributed by atoms with E-state index in [1.807, 2.05) is 6.07 Å². The van der Waals surface area contributed by atoms with Gasteiger partial charge in [-0.1, -0.05) is 31.4 Å². The third-order valence-corrected chi connectivity index (χ3v) is 7.26. The molecule has 1 heterocycles. The molecule has 0 aromatic heterocycles. The van der Waals surface area contributed by atoms with E-state index in [-0.39, 0.29) is 23.2 Å². The highest BCUT2D eigenvalue weighted by molar-refractivity contribution is 5.99. The first-order valence-corrected chi connectivity index (χ1v) is 11.8. The van der Waals surface area contributed by atoms with Crippen molar-refractivity contribution in [1.29, 1.82) is 0 Å². The molecule has 4 heteroatoms. The molecule has 30 heavy (non-hydrogen) atoms. The fourth-order valence-electron chi connectivity index (χ4n) is 5.27. The zero-order valence-corrected chi connectivity index (χ0v) is 19.0. The Balaban J connectivity index is 1.77. The second-order valence-electron chi connectivity index (χ2n) is 10.2. The maximum Gasteiger partial charge on any atom is 0.255 e. The number of carbonyl (C=O) groups is 1. The van der Waals surface area contributed by atoms with E-state index in [4.69, 9.17) is 4.74 Å². The number of hydrogen-bond acceptors (Lipinski definition) is 3. The van der Waals surface area contributed by atoms with Gasteiger partial charge in [0.15, 0.2) is 0 Å². The van der Waals surface area contributed by atoms with Gasteiger partial charge in [0.05, 0.1) is 5.56 Å². The monoisotopic (exact) mass is 411 g/mol. The molecular weight excluding hydrogens is 374 g/mol. The van der Waals surface area contributed by atoms with Gasteiger partial charge in [-0.2, -0.15) is 0 Å². The van der Waals surface area contributed by atoms with Crippen LogP contribution in [-0.2, 0) is 6.42 Å². The highest BCUT2D eigenvalue weighted by atomic mass is 16.5. The summed E-state index contributed by atoms with van der Waals surface area (Å²) in [7, 11) is 0. The van der Waals surface area contributed by atoms with Gasteiger partial charge in [0.1, 0.15) is 17.1 Å². The molecule has 4 nitrogen and oxygen atoms in total. The molecule has 2 aliphatic carbocycles. The quantitative estimate of drug-likeness (QED) is 0.435. The fraction of sp³-hybridized carbons (Fsp3) is 0.654. The van der Waals surface area contributed by atoms with Crippen molar-refractivity contribution in [2.45, 2.75) is 90.6 Å². The summed E-state index contributed by atoms with van der Waals surface area (Å²) in [6.45, 7) is 9.37. The Kier molecular flexibility index (Phi) is 5.87. The van der Waals surface area contributed by atoms with Gasteiger partial charge >= 0.3 is 0 Å². The average molecular weight is 412 g/mol. The van der Waals surface area contributed by atoms with Gasteiger partial charge in [-0.15, -0.1) is 0 Å². The number of amides is 1. The van der Waals surface area contributed by atoms with Gasteiger partial charge in [-0.25, -0.2) is 0 Å². The van der Waals surface area contributed by atoms with E-state index in [1.165, 1.54) is 18.4 Å². The van der Waals surface area contributed by atoms with Crippen LogP contribution in [0.15, 0.2) is 17.7 Å². The van der Waals surface area contributed by atoms with Crippen LogP contribution in [0.3, 0.4) is 0 Å². The van der Waals surface area contributed by atoms with Crippen LogP contribution in [-0.4, -0.2) is 23.2 Å². The third kappa shape index (κ3) is 4.10. The number of benzene rings is 1. The molecule has 1 aliphatic heterocycles. The van der Waals surface area contributed by atoms with Gasteiger partial charge in [-0.3, -0.25) is 4.79 Å². The molecule has 164 valence electrons. The second kappa shape index (κ2) is 8.28. The highest BCUT2D eigenvalue weighted by Gasteiger charge is 2.46. The highest BCUT2D eigenvalue weighted by Crippen LogP contribution is 2.54. The van der Waals surface area contributed by atoms with Crippen LogP contribution in [0.2, 0.25) is 0 Å². The summed E-state index contributed by atoms with van der Waals surface area (Å²) >= 11 is 0. The minimum atomic E-state index is -0.294. The molecule has 1 amide bonds. The van der Waals surface area contributed by atoms with Crippen molar-refractivity contribution in [3.05, 3.63) is 34.4 Å². The molecule has 4 rings (SSSR count). The Hall–Kier alpha value is -1.97. The zero-order valence-electron chi connectivity index (χ0n) is 19.0. The Labute approximate surface area is 181 Å². The fourth-order valence-corrected chi connectivity index (χ4v) is 5.27. The lowest BCUT2D eigenvalue weighted by Crippen LogP contribution is -2.45. The summed E-state index contributed by atoms with van der Waals surface area (Å²) < 4.78 is 6.47. The van der Waals surface area contributed by atoms with Crippen molar-refractivity contribution in [2.75, 3.05) is 6.54 Å². The van der Waals surface area contributed by atoms with Crippen LogP contribution in [0.25, 0.3) is 0 Å². The number of fused-ring (bicyclic) bond motifs is 3. The molecule has 2 unspecified atom stereocenters. The lowest BCUT2D eigenvalue weighted by atomic mass is 9.67. The van der Waals surface area contributed by atoms with Crippen molar-refractivity contribution in [2.24, 2.45) is 11.8 Å². The van der Waals surface area contributed by atoms with Crippen LogP contribution in [0.5, 0.6) is 11.5 Å². The lowest BCUT2D eigenvalue weighted by Gasteiger charge is -2.46. The summed E-state index contributed by atoms with van der Waals surface area (Å²) in [5.41, 5.74) is 3.26.